The Kier molecular flexibility index (Phi) is 6.63. The van der Waals surface area contributed by atoms with Gasteiger partial charge in [0.15, 0.2) is 11.5 Å². The molecule has 35 heavy (non-hydrogen) atoms. The number of hydrogen-bond donors (Lipinski definition) is 2. The molecule has 11 heteroatoms. The molecule has 186 valence electrons. The van der Waals surface area contributed by atoms with Crippen LogP contribution >= 0.6 is 0 Å². The Morgan fingerprint density at radius 2 is 1.80 bits per heavy atom. The van der Waals surface area contributed by atoms with E-state index in [1.807, 2.05) is 18.2 Å². The van der Waals surface area contributed by atoms with E-state index in [-0.39, 0.29) is 36.5 Å². The van der Waals surface area contributed by atoms with Crippen molar-refractivity contribution in [3.05, 3.63) is 47.5 Å². The van der Waals surface area contributed by atoms with Crippen molar-refractivity contribution in [3.8, 4) is 11.5 Å². The number of aryl methyl sites for hydroxylation is 1. The van der Waals surface area contributed by atoms with Gasteiger partial charge in [0, 0.05) is 57.8 Å². The van der Waals surface area contributed by atoms with Crippen molar-refractivity contribution in [1.82, 2.24) is 14.5 Å². The van der Waals surface area contributed by atoms with Gasteiger partial charge in [-0.1, -0.05) is 6.07 Å². The first kappa shape index (κ1) is 23.6. The molecule has 0 bridgehead atoms. The average molecular weight is 501 g/mol. The number of nitrogens with one attached hydrogen (secondary N) is 2. The second-order valence-corrected chi connectivity index (χ2v) is 10.6. The zero-order chi connectivity index (χ0) is 24.4. The molecule has 2 N–H and O–H groups in total. The summed E-state index contributed by atoms with van der Waals surface area (Å²) in [4.78, 5) is 28.3. The number of piperazine rings is 1. The monoisotopic (exact) mass is 500 g/mol. The van der Waals surface area contributed by atoms with Crippen molar-refractivity contribution >= 4 is 27.5 Å². The topological polar surface area (TPSA) is 117 Å². The molecular weight excluding hydrogens is 472 g/mol. The highest BCUT2D eigenvalue weighted by Crippen LogP contribution is 2.33. The summed E-state index contributed by atoms with van der Waals surface area (Å²) in [6.45, 7) is 3.76. The number of anilines is 1. The van der Waals surface area contributed by atoms with Crippen LogP contribution < -0.4 is 19.5 Å². The van der Waals surface area contributed by atoms with Crippen LogP contribution in [0.2, 0.25) is 0 Å². The lowest BCUT2D eigenvalue weighted by molar-refractivity contribution is -0.132. The van der Waals surface area contributed by atoms with E-state index in [9.17, 15) is 18.0 Å². The zero-order valence-electron chi connectivity index (χ0n) is 19.3. The SMILES string of the molecule is O=C1CCc2cc(S(=O)(=O)NCCC(=O)N3CCN(Cc4ccc5c(c4)OCO5)CC3)ccc2N1. The first-order valence-electron chi connectivity index (χ1n) is 11.7. The Balaban J connectivity index is 1.07. The molecule has 0 saturated carbocycles. The van der Waals surface area contributed by atoms with E-state index in [1.54, 1.807) is 17.0 Å². The van der Waals surface area contributed by atoms with E-state index in [0.717, 1.165) is 42.3 Å². The number of benzene rings is 2. The van der Waals surface area contributed by atoms with Crippen LogP contribution in [0.15, 0.2) is 41.3 Å². The molecule has 10 nitrogen and oxygen atoms in total. The molecular formula is C24H28N4O6S. The van der Waals surface area contributed by atoms with Gasteiger partial charge in [-0.2, -0.15) is 0 Å². The van der Waals surface area contributed by atoms with Gasteiger partial charge in [0.2, 0.25) is 28.6 Å². The summed E-state index contributed by atoms with van der Waals surface area (Å²) in [5, 5.41) is 2.74. The van der Waals surface area contributed by atoms with Crippen LogP contribution in [0.1, 0.15) is 24.0 Å². The molecule has 0 atom stereocenters. The maximum atomic E-state index is 12.7. The van der Waals surface area contributed by atoms with Crippen molar-refractivity contribution in [3.63, 3.8) is 0 Å². The molecule has 2 aromatic carbocycles. The molecule has 3 aliphatic heterocycles. The van der Waals surface area contributed by atoms with Gasteiger partial charge < -0.3 is 19.7 Å². The largest absolute Gasteiger partial charge is 0.454 e. The smallest absolute Gasteiger partial charge is 0.240 e. The van der Waals surface area contributed by atoms with Gasteiger partial charge in [-0.05, 0) is 47.9 Å². The van der Waals surface area contributed by atoms with Gasteiger partial charge in [-0.3, -0.25) is 14.5 Å². The Morgan fingerprint density at radius 3 is 2.63 bits per heavy atom. The first-order chi connectivity index (χ1) is 16.9. The first-order valence-corrected chi connectivity index (χ1v) is 13.2. The van der Waals surface area contributed by atoms with Crippen molar-refractivity contribution < 1.29 is 27.5 Å². The Hall–Kier alpha value is -3.15. The fourth-order valence-electron chi connectivity index (χ4n) is 4.51. The summed E-state index contributed by atoms with van der Waals surface area (Å²) in [6.07, 6.45) is 0.939. The highest BCUT2D eigenvalue weighted by atomic mass is 32.2. The second-order valence-electron chi connectivity index (χ2n) is 8.86. The van der Waals surface area contributed by atoms with Gasteiger partial charge in [0.25, 0.3) is 0 Å². The summed E-state index contributed by atoms with van der Waals surface area (Å²) < 4.78 is 38.7. The molecule has 0 spiro atoms. The summed E-state index contributed by atoms with van der Waals surface area (Å²) in [5.41, 5.74) is 2.57. The number of ether oxygens (including phenoxy) is 2. The van der Waals surface area contributed by atoms with Crippen molar-refractivity contribution in [2.75, 3.05) is 44.8 Å². The number of hydrogen-bond acceptors (Lipinski definition) is 7. The number of fused-ring (bicyclic) bond motifs is 2. The highest BCUT2D eigenvalue weighted by Gasteiger charge is 2.23. The Bertz CT molecular complexity index is 1240. The van der Waals surface area contributed by atoms with E-state index >= 15 is 0 Å². The highest BCUT2D eigenvalue weighted by molar-refractivity contribution is 7.89. The van der Waals surface area contributed by atoms with E-state index in [1.165, 1.54) is 6.07 Å². The average Bonchev–Trinajstić information content (AvgIpc) is 3.32. The quantitative estimate of drug-likeness (QED) is 0.589. The van der Waals surface area contributed by atoms with Gasteiger partial charge >= 0.3 is 0 Å². The van der Waals surface area contributed by atoms with Crippen LogP contribution in [0.25, 0.3) is 0 Å². The molecule has 1 fully saturated rings. The third-order valence-electron chi connectivity index (χ3n) is 6.48. The summed E-state index contributed by atoms with van der Waals surface area (Å²) in [6, 6.07) is 10.6. The van der Waals surface area contributed by atoms with E-state index < -0.39 is 10.0 Å². The number of rotatable bonds is 7. The summed E-state index contributed by atoms with van der Waals surface area (Å²) in [7, 11) is -3.74. The minimum Gasteiger partial charge on any atom is -0.454 e. The lowest BCUT2D eigenvalue weighted by Crippen LogP contribution is -2.48. The summed E-state index contributed by atoms with van der Waals surface area (Å²) >= 11 is 0. The molecule has 3 aliphatic rings. The minimum absolute atomic E-state index is 0.0341. The minimum atomic E-state index is -3.74. The van der Waals surface area contributed by atoms with Crippen LogP contribution in [0, 0.1) is 0 Å². The van der Waals surface area contributed by atoms with Crippen LogP contribution in [0.5, 0.6) is 11.5 Å². The zero-order valence-corrected chi connectivity index (χ0v) is 20.1. The van der Waals surface area contributed by atoms with Gasteiger partial charge in [-0.25, -0.2) is 13.1 Å². The molecule has 1 saturated heterocycles. The number of sulfonamides is 1. The number of carbonyl (C=O) groups is 2. The maximum Gasteiger partial charge on any atom is 0.240 e. The third-order valence-corrected chi connectivity index (χ3v) is 7.94. The normalized spacial score (nSPS) is 17.7. The molecule has 2 aromatic rings. The standard InChI is InChI=1S/C24H28N4O6S/c29-23-6-2-18-14-19(3-4-20(18)26-23)35(31,32)25-8-7-24(30)28-11-9-27(10-12-28)15-17-1-5-21-22(13-17)34-16-33-21/h1,3-5,13-14,25H,2,6-12,15-16H2,(H,26,29). The van der Waals surface area contributed by atoms with E-state index in [4.69, 9.17) is 9.47 Å². The molecule has 5 rings (SSSR count). The molecule has 0 unspecified atom stereocenters. The van der Waals surface area contributed by atoms with E-state index in [0.29, 0.717) is 31.6 Å². The van der Waals surface area contributed by atoms with Crippen LogP contribution in [-0.4, -0.2) is 69.5 Å². The predicted molar refractivity (Wildman–Crippen MR) is 128 cm³/mol. The maximum absolute atomic E-state index is 12.7. The Morgan fingerprint density at radius 1 is 1.00 bits per heavy atom. The fraction of sp³-hybridized carbons (Fsp3) is 0.417. The number of nitrogens with zero attached hydrogens (tertiary/aromatic N) is 2. The molecule has 0 radical (unpaired) electrons. The molecule has 2 amide bonds. The summed E-state index contributed by atoms with van der Waals surface area (Å²) in [5.74, 6) is 1.39. The molecule has 0 aliphatic carbocycles. The third kappa shape index (κ3) is 5.42. The predicted octanol–water partition coefficient (Wildman–Crippen LogP) is 1.31. The number of carbonyl (C=O) groups excluding carboxylic acids is 2. The van der Waals surface area contributed by atoms with Crippen LogP contribution in [-0.2, 0) is 32.6 Å². The Labute approximate surface area is 204 Å². The second kappa shape index (κ2) is 9.84. The molecule has 0 aromatic heterocycles. The van der Waals surface area contributed by atoms with Crippen molar-refractivity contribution in [2.45, 2.75) is 30.7 Å². The van der Waals surface area contributed by atoms with Gasteiger partial charge in [0.1, 0.15) is 0 Å². The molecule has 3 heterocycles. The van der Waals surface area contributed by atoms with Crippen LogP contribution in [0.4, 0.5) is 5.69 Å². The van der Waals surface area contributed by atoms with E-state index in [2.05, 4.69) is 14.9 Å². The lowest BCUT2D eigenvalue weighted by atomic mass is 10.0. The number of amides is 2. The lowest BCUT2D eigenvalue weighted by Gasteiger charge is -2.34. The van der Waals surface area contributed by atoms with Crippen LogP contribution in [0.3, 0.4) is 0 Å². The fourth-order valence-corrected chi connectivity index (χ4v) is 5.60. The van der Waals surface area contributed by atoms with Crippen molar-refractivity contribution in [1.29, 1.82) is 0 Å². The van der Waals surface area contributed by atoms with Crippen molar-refractivity contribution in [2.24, 2.45) is 0 Å². The van der Waals surface area contributed by atoms with Gasteiger partial charge in [-0.15, -0.1) is 0 Å². The van der Waals surface area contributed by atoms with Gasteiger partial charge in [0.05, 0.1) is 4.90 Å².